The summed E-state index contributed by atoms with van der Waals surface area (Å²) in [6.45, 7) is 5.28. The fraction of sp³-hybridized carbons (Fsp3) is 0.410. The number of nitrogens with one attached hydrogen (secondary N) is 2. The van der Waals surface area contributed by atoms with Gasteiger partial charge in [-0.25, -0.2) is 9.97 Å². The van der Waals surface area contributed by atoms with Gasteiger partial charge in [-0.3, -0.25) is 38.7 Å². The van der Waals surface area contributed by atoms with Gasteiger partial charge in [0.15, 0.2) is 12.4 Å². The molecule has 16 nitrogen and oxygen atoms in total. The predicted molar refractivity (Wildman–Crippen MR) is 200 cm³/mol. The second-order valence-electron chi connectivity index (χ2n) is 14.5. The summed E-state index contributed by atoms with van der Waals surface area (Å²) in [4.78, 5) is 95.5. The van der Waals surface area contributed by atoms with Crippen molar-refractivity contribution in [3.8, 4) is 5.75 Å². The van der Waals surface area contributed by atoms with Gasteiger partial charge in [-0.1, -0.05) is 18.9 Å². The van der Waals surface area contributed by atoms with Crippen molar-refractivity contribution in [3.05, 3.63) is 75.3 Å². The number of aryl methyl sites for hydroxylation is 1. The van der Waals surface area contributed by atoms with E-state index in [4.69, 9.17) is 9.72 Å². The molecule has 16 heteroatoms. The lowest BCUT2D eigenvalue weighted by molar-refractivity contribution is -0.137. The van der Waals surface area contributed by atoms with Crippen molar-refractivity contribution in [1.29, 1.82) is 0 Å². The van der Waals surface area contributed by atoms with Gasteiger partial charge in [0.25, 0.3) is 17.4 Å². The molecule has 55 heavy (non-hydrogen) atoms. The number of piperazine rings is 1. The van der Waals surface area contributed by atoms with Crippen molar-refractivity contribution < 1.29 is 28.7 Å². The number of nitrogens with zero attached hydrogens (tertiary/aromatic N) is 7. The average Bonchev–Trinajstić information content (AvgIpc) is 3.83. The van der Waals surface area contributed by atoms with E-state index in [9.17, 15) is 28.8 Å². The van der Waals surface area contributed by atoms with Gasteiger partial charge < -0.3 is 24.8 Å². The van der Waals surface area contributed by atoms with Crippen molar-refractivity contribution >= 4 is 57.9 Å². The van der Waals surface area contributed by atoms with Gasteiger partial charge in [0.1, 0.15) is 23.3 Å². The fourth-order valence-corrected chi connectivity index (χ4v) is 8.21. The Labute approximate surface area is 315 Å². The van der Waals surface area contributed by atoms with E-state index in [2.05, 4.69) is 25.5 Å². The first-order chi connectivity index (χ1) is 26.6. The van der Waals surface area contributed by atoms with E-state index in [0.717, 1.165) is 31.4 Å². The van der Waals surface area contributed by atoms with Crippen LogP contribution in [-0.2, 0) is 20.9 Å². The number of benzene rings is 1. The van der Waals surface area contributed by atoms with Crippen LogP contribution in [0.1, 0.15) is 83.3 Å². The minimum atomic E-state index is -0.735. The molecular formula is C39H41N9O7. The molecule has 1 saturated carbocycles. The van der Waals surface area contributed by atoms with Gasteiger partial charge in [-0.05, 0) is 62.9 Å². The highest BCUT2D eigenvalue weighted by Gasteiger charge is 2.40. The Morgan fingerprint density at radius 3 is 2.45 bits per heavy atom. The summed E-state index contributed by atoms with van der Waals surface area (Å²) in [5, 5.41) is 6.14. The predicted octanol–water partition coefficient (Wildman–Crippen LogP) is 3.04. The number of piperidine rings is 1. The van der Waals surface area contributed by atoms with Crippen molar-refractivity contribution in [2.24, 2.45) is 0 Å². The largest absolute Gasteiger partial charge is 0.483 e. The summed E-state index contributed by atoms with van der Waals surface area (Å²) in [7, 11) is 0. The van der Waals surface area contributed by atoms with Crippen molar-refractivity contribution in [1.82, 2.24) is 34.6 Å². The van der Waals surface area contributed by atoms with Crippen LogP contribution in [-0.4, -0.2) is 97.6 Å². The Hall–Kier alpha value is -6.19. The topological polar surface area (TPSA) is 189 Å². The number of imide groups is 1. The van der Waals surface area contributed by atoms with Crippen LogP contribution in [0.2, 0.25) is 0 Å². The van der Waals surface area contributed by atoms with Crippen LogP contribution in [0.3, 0.4) is 0 Å². The number of fused-ring (bicyclic) bond motifs is 2. The molecule has 3 aromatic heterocycles. The lowest BCUT2D eigenvalue weighted by atomic mass is 10.0. The normalized spacial score (nSPS) is 18.8. The molecule has 4 aliphatic rings. The standard InChI is InChI=1S/C39H41N9O7/c1-22-27-19-41-39(44-35(27)48(24-6-3-4-7-24)38(54)34(22)23(2)49)42-31-12-10-25(18-40-31)45-14-16-46(17-15-45)33(51)21-55-30-9-5-8-26-28(30)20-47(37(26)53)29-11-13-32(50)43-36(29)52/h5,8-10,12,18-19,24,29H,3-4,6-7,11,13-17,20-21H2,1-2H3,(H,43,50,52)(H,40,41,42,44). The second kappa shape index (κ2) is 14.6. The summed E-state index contributed by atoms with van der Waals surface area (Å²) >= 11 is 0. The number of hydrogen-bond acceptors (Lipinski definition) is 12. The zero-order valence-corrected chi connectivity index (χ0v) is 30.7. The molecule has 1 atom stereocenters. The number of ether oxygens (including phenoxy) is 1. The maximum absolute atomic E-state index is 13.5. The van der Waals surface area contributed by atoms with E-state index < -0.39 is 11.9 Å². The maximum Gasteiger partial charge on any atom is 0.263 e. The maximum atomic E-state index is 13.5. The number of carbonyl (C=O) groups is 5. The van der Waals surface area contributed by atoms with Crippen molar-refractivity contribution in [2.45, 2.75) is 71.0 Å². The van der Waals surface area contributed by atoms with Gasteiger partial charge >= 0.3 is 0 Å². The van der Waals surface area contributed by atoms with Gasteiger partial charge in [0.05, 0.1) is 24.0 Å². The van der Waals surface area contributed by atoms with Gasteiger partial charge in [-0.2, -0.15) is 4.98 Å². The molecule has 2 N–H and O–H groups in total. The summed E-state index contributed by atoms with van der Waals surface area (Å²) in [5.74, 6) is -0.341. The third-order valence-corrected chi connectivity index (χ3v) is 11.1. The van der Waals surface area contributed by atoms with Crippen LogP contribution in [0.4, 0.5) is 17.5 Å². The SMILES string of the molecule is CC(=O)c1c(C)c2cnc(Nc3ccc(N4CCN(C(=O)COc5cccc6c5CN(C5CCC(=O)NC5=O)C6=O)CC4)cn3)nc2n(C2CCCC2)c1=O. The molecule has 1 aliphatic carbocycles. The molecular weight excluding hydrogens is 706 g/mol. The lowest BCUT2D eigenvalue weighted by Crippen LogP contribution is -2.52. The molecule has 4 amide bonds. The Balaban J connectivity index is 0.877. The monoisotopic (exact) mass is 747 g/mol. The average molecular weight is 748 g/mol. The molecule has 284 valence electrons. The number of aromatic nitrogens is 4. The molecule has 0 radical (unpaired) electrons. The minimum Gasteiger partial charge on any atom is -0.483 e. The van der Waals surface area contributed by atoms with Crippen LogP contribution in [0, 0.1) is 6.92 Å². The smallest absolute Gasteiger partial charge is 0.263 e. The molecule has 0 bridgehead atoms. The fourth-order valence-electron chi connectivity index (χ4n) is 8.21. The van der Waals surface area contributed by atoms with E-state index in [1.807, 2.05) is 12.1 Å². The summed E-state index contributed by atoms with van der Waals surface area (Å²) in [6, 6.07) is 8.08. The van der Waals surface area contributed by atoms with Crippen molar-refractivity contribution in [2.75, 3.05) is 43.0 Å². The number of Topliss-reactive ketones (excluding diaryl/α,β-unsaturated/α-hetero) is 1. The Morgan fingerprint density at radius 2 is 1.75 bits per heavy atom. The molecule has 6 heterocycles. The van der Waals surface area contributed by atoms with Crippen LogP contribution in [0.25, 0.3) is 11.0 Å². The molecule has 2 saturated heterocycles. The van der Waals surface area contributed by atoms with Crippen LogP contribution < -0.4 is 25.8 Å². The first kappa shape index (κ1) is 35.8. The summed E-state index contributed by atoms with van der Waals surface area (Å²) < 4.78 is 7.63. The zero-order valence-electron chi connectivity index (χ0n) is 30.7. The number of anilines is 3. The number of rotatable bonds is 9. The second-order valence-corrected chi connectivity index (χ2v) is 14.5. The number of amides is 4. The van der Waals surface area contributed by atoms with E-state index in [1.54, 1.807) is 47.0 Å². The Kier molecular flexibility index (Phi) is 9.49. The van der Waals surface area contributed by atoms with E-state index in [-0.39, 0.29) is 66.7 Å². The molecule has 0 spiro atoms. The van der Waals surface area contributed by atoms with Gasteiger partial charge in [0.2, 0.25) is 17.8 Å². The lowest BCUT2D eigenvalue weighted by Gasteiger charge is -2.36. The third kappa shape index (κ3) is 6.76. The molecule has 8 rings (SSSR count). The number of hydrogen-bond donors (Lipinski definition) is 2. The minimum absolute atomic E-state index is 0.0198. The molecule has 4 aromatic rings. The molecule has 3 fully saturated rings. The number of ketones is 1. The first-order valence-electron chi connectivity index (χ1n) is 18.7. The van der Waals surface area contributed by atoms with E-state index in [0.29, 0.717) is 71.4 Å². The van der Waals surface area contributed by atoms with Gasteiger partial charge in [-0.15, -0.1) is 0 Å². The molecule has 3 aliphatic heterocycles. The molecule has 1 unspecified atom stereocenters. The third-order valence-electron chi connectivity index (χ3n) is 11.1. The van der Waals surface area contributed by atoms with Crippen molar-refractivity contribution in [3.63, 3.8) is 0 Å². The number of carbonyl (C=O) groups excluding carboxylic acids is 5. The first-order valence-corrected chi connectivity index (χ1v) is 18.7. The Bertz CT molecular complexity index is 2290. The highest BCUT2D eigenvalue weighted by Crippen LogP contribution is 2.34. The Morgan fingerprint density at radius 1 is 0.964 bits per heavy atom. The van der Waals surface area contributed by atoms with Crippen LogP contribution >= 0.6 is 0 Å². The van der Waals surface area contributed by atoms with Crippen LogP contribution in [0.5, 0.6) is 5.75 Å². The van der Waals surface area contributed by atoms with Crippen LogP contribution in [0.15, 0.2) is 47.5 Å². The number of pyridine rings is 2. The highest BCUT2D eigenvalue weighted by molar-refractivity contribution is 6.05. The quantitative estimate of drug-likeness (QED) is 0.188. The summed E-state index contributed by atoms with van der Waals surface area (Å²) in [6.07, 6.45) is 7.58. The van der Waals surface area contributed by atoms with E-state index >= 15 is 0 Å². The summed E-state index contributed by atoms with van der Waals surface area (Å²) in [5.41, 5.74) is 2.91. The van der Waals surface area contributed by atoms with E-state index in [1.165, 1.54) is 11.8 Å². The molecule has 1 aromatic carbocycles. The highest BCUT2D eigenvalue weighted by atomic mass is 16.5. The van der Waals surface area contributed by atoms with Gasteiger partial charge in [0, 0.05) is 61.4 Å². The zero-order chi connectivity index (χ0) is 38.4.